The predicted molar refractivity (Wildman–Crippen MR) is 122 cm³/mol. The van der Waals surface area contributed by atoms with E-state index >= 15 is 0 Å². The van der Waals surface area contributed by atoms with Crippen molar-refractivity contribution in [2.45, 2.75) is 26.2 Å². The molecular weight excluding hydrogens is 455 g/mol. The molecule has 0 radical (unpaired) electrons. The number of hydrogen-bond donors (Lipinski definition) is 1. The van der Waals surface area contributed by atoms with Gasteiger partial charge in [-0.3, -0.25) is 4.99 Å². The van der Waals surface area contributed by atoms with Crippen molar-refractivity contribution < 1.29 is 9.47 Å². The molecule has 2 saturated heterocycles. The highest BCUT2D eigenvalue weighted by molar-refractivity contribution is 14.0. The standard InChI is InChI=1S/C20H32N4O2.HI/c1-15-5-4-7-24(13-15)20(21)22-12-16-6-8-23(14-16)17-9-18(25-2)11-19(10-17)26-3;/h9-11,15-16H,4-8,12-14H2,1-3H3,(H2,21,22);1H. The maximum atomic E-state index is 6.24. The van der Waals surface area contributed by atoms with Crippen LogP contribution in [-0.2, 0) is 0 Å². The van der Waals surface area contributed by atoms with E-state index in [4.69, 9.17) is 20.2 Å². The molecule has 2 aliphatic rings. The van der Waals surface area contributed by atoms with E-state index in [0.717, 1.165) is 62.3 Å². The van der Waals surface area contributed by atoms with Gasteiger partial charge in [-0.15, -0.1) is 24.0 Å². The van der Waals surface area contributed by atoms with Crippen LogP contribution in [0.15, 0.2) is 23.2 Å². The minimum Gasteiger partial charge on any atom is -0.497 e. The fraction of sp³-hybridized carbons (Fsp3) is 0.650. The van der Waals surface area contributed by atoms with Crippen molar-refractivity contribution in [2.24, 2.45) is 22.6 Å². The number of halogens is 1. The largest absolute Gasteiger partial charge is 0.497 e. The van der Waals surface area contributed by atoms with Gasteiger partial charge in [-0.1, -0.05) is 6.92 Å². The van der Waals surface area contributed by atoms with Crippen LogP contribution in [0.5, 0.6) is 11.5 Å². The molecule has 1 aromatic carbocycles. The lowest BCUT2D eigenvalue weighted by atomic mass is 10.0. The molecule has 2 heterocycles. The highest BCUT2D eigenvalue weighted by Crippen LogP contribution is 2.31. The highest BCUT2D eigenvalue weighted by atomic mass is 127. The summed E-state index contributed by atoms with van der Waals surface area (Å²) in [6.45, 7) is 7.18. The summed E-state index contributed by atoms with van der Waals surface area (Å²) in [7, 11) is 3.37. The quantitative estimate of drug-likeness (QED) is 0.392. The molecule has 2 unspecified atom stereocenters. The Kier molecular flexibility index (Phi) is 8.31. The van der Waals surface area contributed by atoms with Crippen molar-refractivity contribution in [3.05, 3.63) is 18.2 Å². The molecule has 0 spiro atoms. The highest BCUT2D eigenvalue weighted by Gasteiger charge is 2.24. The van der Waals surface area contributed by atoms with Crippen molar-refractivity contribution in [2.75, 3.05) is 51.8 Å². The Labute approximate surface area is 180 Å². The number of anilines is 1. The van der Waals surface area contributed by atoms with Crippen LogP contribution in [0.25, 0.3) is 0 Å². The number of aliphatic imine (C=N–C) groups is 1. The first-order chi connectivity index (χ1) is 12.6. The Morgan fingerprint density at radius 1 is 1.11 bits per heavy atom. The van der Waals surface area contributed by atoms with Crippen LogP contribution in [-0.4, -0.2) is 57.8 Å². The molecule has 6 nitrogen and oxygen atoms in total. The summed E-state index contributed by atoms with van der Waals surface area (Å²) in [6, 6.07) is 6.04. The third-order valence-electron chi connectivity index (χ3n) is 5.48. The second kappa shape index (κ2) is 10.2. The third-order valence-corrected chi connectivity index (χ3v) is 5.48. The Hall–Kier alpha value is -1.38. The lowest BCUT2D eigenvalue weighted by molar-refractivity contribution is 0.270. The molecule has 3 rings (SSSR count). The molecule has 7 heteroatoms. The fourth-order valence-corrected chi connectivity index (χ4v) is 3.91. The van der Waals surface area contributed by atoms with Gasteiger partial charge >= 0.3 is 0 Å². The lowest BCUT2D eigenvalue weighted by Gasteiger charge is -2.31. The second-order valence-corrected chi connectivity index (χ2v) is 7.56. The number of ether oxygens (including phenoxy) is 2. The SMILES string of the molecule is COc1cc(OC)cc(N2CCC(CN=C(N)N3CCCC(C)C3)C2)c1.I. The molecule has 2 fully saturated rings. The normalized spacial score (nSPS) is 23.1. The molecule has 27 heavy (non-hydrogen) atoms. The van der Waals surface area contributed by atoms with Crippen LogP contribution in [0.3, 0.4) is 0 Å². The molecule has 0 aliphatic carbocycles. The third kappa shape index (κ3) is 5.80. The van der Waals surface area contributed by atoms with Crippen LogP contribution in [0.4, 0.5) is 5.69 Å². The van der Waals surface area contributed by atoms with Gasteiger partial charge in [0.1, 0.15) is 11.5 Å². The van der Waals surface area contributed by atoms with Gasteiger partial charge in [-0.2, -0.15) is 0 Å². The monoisotopic (exact) mass is 488 g/mol. The maximum Gasteiger partial charge on any atom is 0.191 e. The molecule has 0 bridgehead atoms. The molecule has 1 aromatic rings. The number of rotatable bonds is 5. The number of guanidine groups is 1. The van der Waals surface area contributed by atoms with E-state index in [1.54, 1.807) is 14.2 Å². The molecule has 0 aromatic heterocycles. The van der Waals surface area contributed by atoms with Crippen LogP contribution in [0.1, 0.15) is 26.2 Å². The van der Waals surface area contributed by atoms with E-state index < -0.39 is 0 Å². The van der Waals surface area contributed by atoms with E-state index in [1.165, 1.54) is 12.8 Å². The minimum absolute atomic E-state index is 0. The summed E-state index contributed by atoms with van der Waals surface area (Å²) in [4.78, 5) is 9.33. The first kappa shape index (κ1) is 21.9. The summed E-state index contributed by atoms with van der Waals surface area (Å²) < 4.78 is 10.8. The summed E-state index contributed by atoms with van der Waals surface area (Å²) in [6.07, 6.45) is 3.64. The summed E-state index contributed by atoms with van der Waals surface area (Å²) in [5.74, 6) is 3.61. The smallest absolute Gasteiger partial charge is 0.191 e. The number of hydrogen-bond acceptors (Lipinski definition) is 4. The Balaban J connectivity index is 0.00000261. The van der Waals surface area contributed by atoms with Gasteiger partial charge in [0.15, 0.2) is 5.96 Å². The van der Waals surface area contributed by atoms with E-state index in [-0.39, 0.29) is 24.0 Å². The topological polar surface area (TPSA) is 63.3 Å². The first-order valence-electron chi connectivity index (χ1n) is 9.62. The van der Waals surface area contributed by atoms with Crippen molar-refractivity contribution in [1.82, 2.24) is 4.90 Å². The van der Waals surface area contributed by atoms with E-state index in [0.29, 0.717) is 11.8 Å². The number of methoxy groups -OCH3 is 2. The lowest BCUT2D eigenvalue weighted by Crippen LogP contribution is -2.43. The molecule has 2 N–H and O–H groups in total. The molecule has 152 valence electrons. The van der Waals surface area contributed by atoms with Gasteiger partial charge in [-0.25, -0.2) is 0 Å². The number of nitrogens with zero attached hydrogens (tertiary/aromatic N) is 3. The van der Waals surface area contributed by atoms with Crippen LogP contribution >= 0.6 is 24.0 Å². The van der Waals surface area contributed by atoms with Crippen molar-refractivity contribution >= 4 is 35.6 Å². The average molecular weight is 488 g/mol. The van der Waals surface area contributed by atoms with Crippen LogP contribution in [0.2, 0.25) is 0 Å². The number of benzene rings is 1. The molecule has 0 saturated carbocycles. The van der Waals surface area contributed by atoms with Crippen molar-refractivity contribution in [3.63, 3.8) is 0 Å². The van der Waals surface area contributed by atoms with Gasteiger partial charge in [0.05, 0.1) is 14.2 Å². The number of nitrogens with two attached hydrogens (primary N) is 1. The van der Waals surface area contributed by atoms with Gasteiger partial charge in [0.25, 0.3) is 0 Å². The Morgan fingerprint density at radius 3 is 2.44 bits per heavy atom. The van der Waals surface area contributed by atoms with Gasteiger partial charge in [0.2, 0.25) is 0 Å². The van der Waals surface area contributed by atoms with Crippen molar-refractivity contribution in [3.8, 4) is 11.5 Å². The molecular formula is C20H33IN4O2. The summed E-state index contributed by atoms with van der Waals surface area (Å²) in [5, 5.41) is 0. The second-order valence-electron chi connectivity index (χ2n) is 7.56. The van der Waals surface area contributed by atoms with Crippen molar-refractivity contribution in [1.29, 1.82) is 0 Å². The fourth-order valence-electron chi connectivity index (χ4n) is 3.91. The molecule has 2 aliphatic heterocycles. The zero-order valence-corrected chi connectivity index (χ0v) is 19.0. The summed E-state index contributed by atoms with van der Waals surface area (Å²) >= 11 is 0. The maximum absolute atomic E-state index is 6.24. The number of piperidine rings is 1. The zero-order chi connectivity index (χ0) is 18.5. The summed E-state index contributed by atoms with van der Waals surface area (Å²) in [5.41, 5.74) is 7.38. The number of likely N-dealkylation sites (tertiary alicyclic amines) is 1. The molecule has 2 atom stereocenters. The predicted octanol–water partition coefficient (Wildman–Crippen LogP) is 3.19. The van der Waals surface area contributed by atoms with E-state index in [2.05, 4.69) is 28.9 Å². The minimum atomic E-state index is 0. The van der Waals surface area contributed by atoms with E-state index in [9.17, 15) is 0 Å². The zero-order valence-electron chi connectivity index (χ0n) is 16.7. The van der Waals surface area contributed by atoms with Gasteiger partial charge in [-0.05, 0) is 31.1 Å². The van der Waals surface area contributed by atoms with Crippen LogP contribution < -0.4 is 20.1 Å². The Bertz CT molecular complexity index is 618. The van der Waals surface area contributed by atoms with E-state index in [1.807, 2.05) is 6.07 Å². The average Bonchev–Trinajstić information content (AvgIpc) is 3.14. The van der Waals surface area contributed by atoms with Gasteiger partial charge in [0, 0.05) is 56.6 Å². The molecule has 0 amide bonds. The van der Waals surface area contributed by atoms with Crippen LogP contribution in [0, 0.1) is 11.8 Å². The first-order valence-corrected chi connectivity index (χ1v) is 9.62. The Morgan fingerprint density at radius 2 is 1.81 bits per heavy atom. The van der Waals surface area contributed by atoms with Gasteiger partial charge < -0.3 is 25.0 Å².